The van der Waals surface area contributed by atoms with Crippen molar-refractivity contribution in [1.29, 1.82) is 0 Å². The van der Waals surface area contributed by atoms with Crippen molar-refractivity contribution < 1.29 is 21.2 Å². The van der Waals surface area contributed by atoms with E-state index in [-0.39, 0.29) is 16.5 Å². The van der Waals surface area contributed by atoms with E-state index < -0.39 is 0 Å². The Balaban J connectivity index is 0.00000481. The molecule has 2 aromatic rings. The first kappa shape index (κ1) is 31.2. The van der Waals surface area contributed by atoms with E-state index in [0.29, 0.717) is 0 Å². The van der Waals surface area contributed by atoms with Crippen LogP contribution in [0.4, 0.5) is 0 Å². The smallest absolute Gasteiger partial charge is 0.211 e. The summed E-state index contributed by atoms with van der Waals surface area (Å²) in [6, 6.07) is 17.9. The van der Waals surface area contributed by atoms with Crippen LogP contribution in [0.3, 0.4) is 0 Å². The summed E-state index contributed by atoms with van der Waals surface area (Å²) in [6.07, 6.45) is 16.3. The van der Waals surface area contributed by atoms with Gasteiger partial charge in [-0.3, -0.25) is 0 Å². The Hall–Kier alpha value is -1.99. The van der Waals surface area contributed by atoms with Crippen LogP contribution < -0.4 is 0 Å². The number of nitrogens with zero attached hydrogens (tertiary/aromatic N) is 2. The van der Waals surface area contributed by atoms with Gasteiger partial charge in [0.25, 0.3) is 0 Å². The molecule has 37 heavy (non-hydrogen) atoms. The number of unbranched alkanes of at least 4 members (excludes halogenated alkanes) is 6. The average Bonchev–Trinajstić information content (AvgIpc) is 3.17. The van der Waals surface area contributed by atoms with Crippen LogP contribution in [0.5, 0.6) is 0 Å². The molecule has 3 heteroatoms. The maximum absolute atomic E-state index is 11.8. The van der Waals surface area contributed by atoms with Gasteiger partial charge in [-0.25, -0.2) is 4.70 Å². The summed E-state index contributed by atoms with van der Waals surface area (Å²) < 4.78 is 1.55. The molecule has 2 aromatic carbocycles. The van der Waals surface area contributed by atoms with Crippen molar-refractivity contribution >= 4 is 11.4 Å². The fraction of sp³-hybridized carbons (Fsp3) is 0.529. The van der Waals surface area contributed by atoms with Gasteiger partial charge < -0.3 is 5.53 Å². The molecule has 0 unspecified atom stereocenters. The normalized spacial score (nSPS) is 13.5. The summed E-state index contributed by atoms with van der Waals surface area (Å²) in [5.41, 5.74) is 21.6. The van der Waals surface area contributed by atoms with Crippen molar-refractivity contribution in [2.75, 3.05) is 0 Å². The third kappa shape index (κ3) is 8.51. The average molecular weight is 543 g/mol. The first-order chi connectivity index (χ1) is 17.6. The zero-order valence-electron chi connectivity index (χ0n) is 23.7. The molecule has 0 bridgehead atoms. The molecular weight excluding hydrogens is 495 g/mol. The van der Waals surface area contributed by atoms with Crippen molar-refractivity contribution in [2.45, 2.75) is 118 Å². The molecule has 0 saturated carbocycles. The monoisotopic (exact) mass is 542 g/mol. The molecule has 1 aliphatic rings. The summed E-state index contributed by atoms with van der Waals surface area (Å²) in [6.45, 7) is 9.03. The fourth-order valence-corrected chi connectivity index (χ4v) is 5.40. The molecule has 1 aliphatic heterocycles. The quantitative estimate of drug-likeness (QED) is 0.114. The van der Waals surface area contributed by atoms with E-state index in [9.17, 15) is 5.53 Å². The number of benzene rings is 2. The van der Waals surface area contributed by atoms with E-state index in [1.54, 1.807) is 4.70 Å². The van der Waals surface area contributed by atoms with Crippen LogP contribution in [-0.2, 0) is 29.3 Å². The Bertz CT molecular complexity index is 979. The third-order valence-electron chi connectivity index (χ3n) is 7.46. The molecule has 3 rings (SSSR count). The molecule has 1 heterocycles. The van der Waals surface area contributed by atoms with Gasteiger partial charge in [0.15, 0.2) is 0 Å². The summed E-state index contributed by atoms with van der Waals surface area (Å²) in [5, 5.41) is 0. The minimum Gasteiger partial charge on any atom is -0.493 e. The van der Waals surface area contributed by atoms with Crippen LogP contribution >= 0.6 is 0 Å². The topological polar surface area (TPSA) is 25.3 Å². The molecule has 204 valence electrons. The van der Waals surface area contributed by atoms with Crippen molar-refractivity contribution in [3.05, 3.63) is 87.5 Å². The number of allylic oxidation sites excluding steroid dienone is 2. The maximum Gasteiger partial charge on any atom is 0.211 e. The fourth-order valence-electron chi connectivity index (χ4n) is 5.40. The van der Waals surface area contributed by atoms with E-state index in [1.165, 1.54) is 60.8 Å². The van der Waals surface area contributed by atoms with Gasteiger partial charge in [-0.15, -0.1) is 0 Å². The van der Waals surface area contributed by atoms with Gasteiger partial charge in [-0.1, -0.05) is 90.5 Å². The Morgan fingerprint density at radius 2 is 0.946 bits per heavy atom. The second kappa shape index (κ2) is 16.8. The van der Waals surface area contributed by atoms with Crippen LogP contribution in [0.2, 0.25) is 0 Å². The van der Waals surface area contributed by atoms with Crippen molar-refractivity contribution in [3.63, 3.8) is 0 Å². The van der Waals surface area contributed by atoms with Gasteiger partial charge in [-0.2, -0.15) is 0 Å². The summed E-state index contributed by atoms with van der Waals surface area (Å²) in [7, 11) is 0. The van der Waals surface area contributed by atoms with Crippen molar-refractivity contribution in [2.24, 2.45) is 0 Å². The molecule has 0 atom stereocenters. The zero-order valence-corrected chi connectivity index (χ0v) is 24.7. The Labute approximate surface area is 237 Å². The van der Waals surface area contributed by atoms with Gasteiger partial charge in [0.1, 0.15) is 0 Å². The zero-order chi connectivity index (χ0) is 25.8. The summed E-state index contributed by atoms with van der Waals surface area (Å²) in [5.74, 6) is 0. The van der Waals surface area contributed by atoms with E-state index in [2.05, 4.69) is 76.2 Å². The van der Waals surface area contributed by atoms with E-state index in [4.69, 9.17) is 0 Å². The summed E-state index contributed by atoms with van der Waals surface area (Å²) in [4.78, 5) is 0. The van der Waals surface area contributed by atoms with Gasteiger partial charge in [0.2, 0.25) is 11.4 Å². The van der Waals surface area contributed by atoms with Gasteiger partial charge in [-0.05, 0) is 86.8 Å². The summed E-state index contributed by atoms with van der Waals surface area (Å²) >= 11 is 0. The van der Waals surface area contributed by atoms with Crippen LogP contribution in [0.25, 0.3) is 16.9 Å². The maximum atomic E-state index is 11.8. The van der Waals surface area contributed by atoms with Gasteiger partial charge >= 0.3 is 0 Å². The van der Waals surface area contributed by atoms with E-state index in [0.717, 1.165) is 73.9 Å². The number of hydrogen-bond acceptors (Lipinski definition) is 0. The largest absolute Gasteiger partial charge is 0.493 e. The Kier molecular flexibility index (Phi) is 14.2. The van der Waals surface area contributed by atoms with E-state index >= 15 is 0 Å². The minimum atomic E-state index is 0. The molecule has 0 spiro atoms. The second-order valence-electron chi connectivity index (χ2n) is 10.5. The second-order valence-corrected chi connectivity index (χ2v) is 10.5. The van der Waals surface area contributed by atoms with Crippen molar-refractivity contribution in [1.82, 2.24) is 0 Å². The SMILES string of the molecule is CCCCCc1cccc(C2=C(CCCC)C(CCCC)=C(c3cccc(CCCCC)c3)[N+]2=[N-])c1.[Ni]. The first-order valence-corrected chi connectivity index (χ1v) is 14.8. The molecule has 0 radical (unpaired) electrons. The molecule has 2 nitrogen and oxygen atoms in total. The minimum absolute atomic E-state index is 0. The molecule has 0 amide bonds. The number of hydrogen-bond donors (Lipinski definition) is 0. The van der Waals surface area contributed by atoms with Crippen LogP contribution in [-0.4, -0.2) is 4.70 Å². The predicted octanol–water partition coefficient (Wildman–Crippen LogP) is 10.7. The van der Waals surface area contributed by atoms with Crippen LogP contribution in [0, 0.1) is 0 Å². The molecule has 0 aliphatic carbocycles. The standard InChI is InChI=1S/C34H48N2.Ni/c1-5-9-13-17-27-19-15-21-29(25-27)33-31(23-11-7-3)32(24-12-8-4)34(36(33)35)30-22-16-20-28(26-30)18-14-10-6-2;/h15-16,19-22,25-26H,5-14,17-18,23-24H2,1-4H3;. The molecule has 0 aromatic heterocycles. The molecule has 0 fully saturated rings. The Morgan fingerprint density at radius 3 is 1.32 bits per heavy atom. The van der Waals surface area contributed by atoms with Crippen LogP contribution in [0.15, 0.2) is 59.7 Å². The number of rotatable bonds is 16. The van der Waals surface area contributed by atoms with Crippen molar-refractivity contribution in [3.8, 4) is 0 Å². The third-order valence-corrected chi connectivity index (χ3v) is 7.46. The molecule has 0 saturated heterocycles. The molecular formula is C34H48N2Ni. The predicted molar refractivity (Wildman–Crippen MR) is 156 cm³/mol. The number of aryl methyl sites for hydroxylation is 2. The van der Waals surface area contributed by atoms with Gasteiger partial charge in [0.05, 0.1) is 0 Å². The van der Waals surface area contributed by atoms with E-state index in [1.807, 2.05) is 0 Å². The van der Waals surface area contributed by atoms with Crippen LogP contribution in [0.1, 0.15) is 127 Å². The first-order valence-electron chi connectivity index (χ1n) is 14.8. The van der Waals surface area contributed by atoms with Gasteiger partial charge in [0, 0.05) is 38.8 Å². The molecule has 0 N–H and O–H groups in total. The Morgan fingerprint density at radius 1 is 0.541 bits per heavy atom.